The number of nitrogens with one attached hydrogen (secondary N) is 1. The van der Waals surface area contributed by atoms with Gasteiger partial charge in [-0.3, -0.25) is 9.59 Å². The summed E-state index contributed by atoms with van der Waals surface area (Å²) in [6, 6.07) is 0. The largest absolute Gasteiger partial charge is 0.338 e. The van der Waals surface area contributed by atoms with Gasteiger partial charge >= 0.3 is 0 Å². The molecule has 23 heavy (non-hydrogen) atoms. The van der Waals surface area contributed by atoms with Gasteiger partial charge in [0.15, 0.2) is 5.13 Å². The summed E-state index contributed by atoms with van der Waals surface area (Å²) in [6.45, 7) is 4.95. The number of likely N-dealkylation sites (tertiary alicyclic amines) is 1. The maximum Gasteiger partial charge on any atom is 0.265 e. The van der Waals surface area contributed by atoms with Gasteiger partial charge in [-0.25, -0.2) is 9.97 Å². The summed E-state index contributed by atoms with van der Waals surface area (Å²) in [4.78, 5) is 35.6. The molecule has 0 aromatic carbocycles. The molecule has 122 valence electrons. The van der Waals surface area contributed by atoms with Crippen LogP contribution in [0, 0.1) is 19.8 Å². The van der Waals surface area contributed by atoms with Crippen molar-refractivity contribution >= 4 is 39.6 Å². The first-order valence-corrected chi connectivity index (χ1v) is 9.23. The highest BCUT2D eigenvalue weighted by Gasteiger charge is 2.29. The monoisotopic (exact) mass is 350 g/mol. The van der Waals surface area contributed by atoms with E-state index in [0.29, 0.717) is 35.9 Å². The molecular weight excluding hydrogens is 332 g/mol. The van der Waals surface area contributed by atoms with Gasteiger partial charge in [0.2, 0.25) is 5.91 Å². The summed E-state index contributed by atoms with van der Waals surface area (Å²) in [5, 5.41) is 5.43. The van der Waals surface area contributed by atoms with Crippen LogP contribution >= 0.6 is 22.7 Å². The number of anilines is 1. The zero-order valence-electron chi connectivity index (χ0n) is 13.0. The average molecular weight is 350 g/mol. The predicted octanol–water partition coefficient (Wildman–Crippen LogP) is 2.71. The van der Waals surface area contributed by atoms with Crippen LogP contribution in [0.3, 0.4) is 0 Å². The van der Waals surface area contributed by atoms with E-state index in [2.05, 4.69) is 15.3 Å². The molecule has 1 aliphatic rings. The maximum atomic E-state index is 12.4. The third-order valence-corrected chi connectivity index (χ3v) is 5.73. The Labute approximate surface area is 142 Å². The Morgan fingerprint density at radius 3 is 2.57 bits per heavy atom. The minimum Gasteiger partial charge on any atom is -0.338 e. The molecule has 8 heteroatoms. The molecule has 3 rings (SSSR count). The number of nitrogens with zero attached hydrogens (tertiary/aromatic N) is 3. The summed E-state index contributed by atoms with van der Waals surface area (Å²) in [5.74, 6) is -0.0364. The molecule has 2 aromatic rings. The number of amides is 2. The lowest BCUT2D eigenvalue weighted by molar-refractivity contribution is -0.121. The van der Waals surface area contributed by atoms with Gasteiger partial charge in [0.1, 0.15) is 4.88 Å². The van der Waals surface area contributed by atoms with Crippen molar-refractivity contribution < 1.29 is 9.59 Å². The van der Waals surface area contributed by atoms with Crippen molar-refractivity contribution in [3.8, 4) is 0 Å². The summed E-state index contributed by atoms with van der Waals surface area (Å²) in [6.07, 6.45) is 1.36. The molecule has 0 atom stereocenters. The maximum absolute atomic E-state index is 12.4. The van der Waals surface area contributed by atoms with Crippen molar-refractivity contribution in [1.82, 2.24) is 14.9 Å². The van der Waals surface area contributed by atoms with Gasteiger partial charge in [-0.2, -0.15) is 0 Å². The lowest BCUT2D eigenvalue weighted by Crippen LogP contribution is -2.41. The van der Waals surface area contributed by atoms with Crippen LogP contribution < -0.4 is 5.32 Å². The Morgan fingerprint density at radius 1 is 1.26 bits per heavy atom. The molecule has 6 nitrogen and oxygen atoms in total. The third kappa shape index (κ3) is 3.59. The van der Waals surface area contributed by atoms with Gasteiger partial charge in [-0.05, 0) is 26.7 Å². The van der Waals surface area contributed by atoms with E-state index in [4.69, 9.17) is 0 Å². The first-order valence-electron chi connectivity index (χ1n) is 7.47. The summed E-state index contributed by atoms with van der Waals surface area (Å²) >= 11 is 2.81. The van der Waals surface area contributed by atoms with E-state index in [1.807, 2.05) is 24.1 Å². The standard InChI is InChI=1S/C15H18N4O2S2/c1-9-7-22-15(17-9)18-13(20)11-3-5-19(6-4-11)14(21)12-10(2)16-8-23-12/h7-8,11H,3-6H2,1-2H3,(H,17,18,20). The molecule has 1 aliphatic heterocycles. The normalized spacial score (nSPS) is 15.7. The van der Waals surface area contributed by atoms with Gasteiger partial charge in [0, 0.05) is 24.4 Å². The van der Waals surface area contributed by atoms with Crippen molar-refractivity contribution in [2.24, 2.45) is 5.92 Å². The second-order valence-corrected chi connectivity index (χ2v) is 7.33. The molecule has 0 saturated carbocycles. The molecular formula is C15H18N4O2S2. The Hall–Kier alpha value is -1.80. The molecule has 2 amide bonds. The van der Waals surface area contributed by atoms with Crippen molar-refractivity contribution in [3.63, 3.8) is 0 Å². The zero-order chi connectivity index (χ0) is 16.4. The number of thiazole rings is 2. The predicted molar refractivity (Wildman–Crippen MR) is 91.0 cm³/mol. The van der Waals surface area contributed by atoms with E-state index >= 15 is 0 Å². The highest BCUT2D eigenvalue weighted by Crippen LogP contribution is 2.23. The van der Waals surface area contributed by atoms with E-state index < -0.39 is 0 Å². The SMILES string of the molecule is Cc1csc(NC(=O)C2CCN(C(=O)c3scnc3C)CC2)n1. The molecule has 0 unspecified atom stereocenters. The molecule has 1 saturated heterocycles. The van der Waals surface area contributed by atoms with Crippen molar-refractivity contribution in [2.45, 2.75) is 26.7 Å². The zero-order valence-corrected chi connectivity index (χ0v) is 14.7. The molecule has 1 fully saturated rings. The lowest BCUT2D eigenvalue weighted by Gasteiger charge is -2.31. The van der Waals surface area contributed by atoms with Crippen LogP contribution in [0.4, 0.5) is 5.13 Å². The molecule has 0 radical (unpaired) electrons. The van der Waals surface area contributed by atoms with Crippen LogP contribution in [0.15, 0.2) is 10.9 Å². The summed E-state index contributed by atoms with van der Waals surface area (Å²) < 4.78 is 0. The topological polar surface area (TPSA) is 75.2 Å². The van der Waals surface area contributed by atoms with Crippen LogP contribution in [0.25, 0.3) is 0 Å². The van der Waals surface area contributed by atoms with E-state index in [0.717, 1.165) is 11.4 Å². The minimum absolute atomic E-state index is 0.000389. The fraction of sp³-hybridized carbons (Fsp3) is 0.467. The number of carbonyl (C=O) groups is 2. The van der Waals surface area contributed by atoms with Crippen LogP contribution in [-0.4, -0.2) is 39.8 Å². The quantitative estimate of drug-likeness (QED) is 0.923. The smallest absolute Gasteiger partial charge is 0.265 e. The Balaban J connectivity index is 1.55. The van der Waals surface area contributed by atoms with Crippen LogP contribution in [0.2, 0.25) is 0 Å². The number of aryl methyl sites for hydroxylation is 2. The number of piperidine rings is 1. The fourth-order valence-corrected chi connectivity index (χ4v) is 4.07. The number of hydrogen-bond donors (Lipinski definition) is 1. The van der Waals surface area contributed by atoms with Crippen LogP contribution in [-0.2, 0) is 4.79 Å². The fourth-order valence-electron chi connectivity index (χ4n) is 2.61. The second-order valence-electron chi connectivity index (χ2n) is 5.62. The Morgan fingerprint density at radius 2 is 2.00 bits per heavy atom. The Kier molecular flexibility index (Phi) is 4.72. The number of aromatic nitrogens is 2. The minimum atomic E-state index is -0.0641. The summed E-state index contributed by atoms with van der Waals surface area (Å²) in [7, 11) is 0. The molecule has 2 aromatic heterocycles. The molecule has 3 heterocycles. The third-order valence-electron chi connectivity index (χ3n) is 3.94. The first kappa shape index (κ1) is 16.1. The molecule has 0 aliphatic carbocycles. The van der Waals surface area contributed by atoms with Gasteiger partial charge in [0.05, 0.1) is 16.9 Å². The van der Waals surface area contributed by atoms with Gasteiger partial charge < -0.3 is 10.2 Å². The summed E-state index contributed by atoms with van der Waals surface area (Å²) in [5.41, 5.74) is 3.38. The first-order chi connectivity index (χ1) is 11.0. The number of hydrogen-bond acceptors (Lipinski definition) is 6. The van der Waals surface area contributed by atoms with E-state index in [1.165, 1.54) is 22.7 Å². The van der Waals surface area contributed by atoms with Gasteiger partial charge in [0.25, 0.3) is 5.91 Å². The van der Waals surface area contributed by atoms with Crippen LogP contribution in [0.5, 0.6) is 0 Å². The highest BCUT2D eigenvalue weighted by molar-refractivity contribution is 7.14. The number of carbonyl (C=O) groups excluding carboxylic acids is 2. The Bertz CT molecular complexity index is 717. The second kappa shape index (κ2) is 6.76. The lowest BCUT2D eigenvalue weighted by atomic mass is 9.96. The highest BCUT2D eigenvalue weighted by atomic mass is 32.1. The average Bonchev–Trinajstić information content (AvgIpc) is 3.15. The van der Waals surface area contributed by atoms with E-state index in [9.17, 15) is 9.59 Å². The van der Waals surface area contributed by atoms with Gasteiger partial charge in [-0.15, -0.1) is 22.7 Å². The van der Waals surface area contributed by atoms with Crippen molar-refractivity contribution in [2.75, 3.05) is 18.4 Å². The van der Waals surface area contributed by atoms with Gasteiger partial charge in [-0.1, -0.05) is 0 Å². The van der Waals surface area contributed by atoms with E-state index in [1.54, 1.807) is 5.51 Å². The number of rotatable bonds is 3. The molecule has 1 N–H and O–H groups in total. The van der Waals surface area contributed by atoms with Crippen molar-refractivity contribution in [3.05, 3.63) is 27.2 Å². The molecule has 0 spiro atoms. The van der Waals surface area contributed by atoms with Crippen molar-refractivity contribution in [1.29, 1.82) is 0 Å². The molecule has 0 bridgehead atoms. The van der Waals surface area contributed by atoms with E-state index in [-0.39, 0.29) is 17.7 Å². The van der Waals surface area contributed by atoms with Crippen LogP contribution in [0.1, 0.15) is 33.9 Å².